The molecule has 0 radical (unpaired) electrons. The predicted octanol–water partition coefficient (Wildman–Crippen LogP) is -0.385. The number of rotatable bonds is 3. The van der Waals surface area contributed by atoms with Crippen molar-refractivity contribution >= 4 is 0 Å². The molecule has 1 atom stereocenters. The second-order valence-corrected chi connectivity index (χ2v) is 3.43. The van der Waals surface area contributed by atoms with Gasteiger partial charge in [-0.3, -0.25) is 4.90 Å². The molecule has 0 amide bonds. The maximum Gasteiger partial charge on any atom is 0.0558 e. The van der Waals surface area contributed by atoms with E-state index in [1.165, 1.54) is 6.42 Å². The monoisotopic (exact) mass is 158 g/mol. The summed E-state index contributed by atoms with van der Waals surface area (Å²) in [5.74, 6) is 0. The van der Waals surface area contributed by atoms with Gasteiger partial charge in [-0.05, 0) is 27.1 Å². The highest BCUT2D eigenvalue weighted by atomic mass is 16.3. The molecule has 0 aromatic rings. The van der Waals surface area contributed by atoms with E-state index in [0.717, 1.165) is 19.6 Å². The topological polar surface area (TPSA) is 26.7 Å². The van der Waals surface area contributed by atoms with Gasteiger partial charge >= 0.3 is 0 Å². The van der Waals surface area contributed by atoms with Gasteiger partial charge < -0.3 is 10.0 Å². The minimum Gasteiger partial charge on any atom is -0.395 e. The van der Waals surface area contributed by atoms with Gasteiger partial charge in [-0.2, -0.15) is 0 Å². The van der Waals surface area contributed by atoms with Crippen LogP contribution in [0.15, 0.2) is 0 Å². The molecule has 1 aliphatic rings. The Labute approximate surface area is 68.6 Å². The van der Waals surface area contributed by atoms with Crippen LogP contribution in [0, 0.1) is 0 Å². The summed E-state index contributed by atoms with van der Waals surface area (Å²) in [5.41, 5.74) is 0. The second-order valence-electron chi connectivity index (χ2n) is 3.43. The van der Waals surface area contributed by atoms with Crippen LogP contribution in [0.2, 0.25) is 0 Å². The van der Waals surface area contributed by atoms with Crippen LogP contribution < -0.4 is 0 Å². The van der Waals surface area contributed by atoms with Gasteiger partial charge in [-0.15, -0.1) is 0 Å². The Morgan fingerprint density at radius 3 is 2.73 bits per heavy atom. The maximum atomic E-state index is 8.70. The van der Waals surface area contributed by atoms with Gasteiger partial charge in [-0.1, -0.05) is 0 Å². The van der Waals surface area contributed by atoms with Gasteiger partial charge in [0.15, 0.2) is 0 Å². The third-order valence-corrected chi connectivity index (χ3v) is 2.39. The Balaban J connectivity index is 2.23. The molecule has 1 heterocycles. The summed E-state index contributed by atoms with van der Waals surface area (Å²) in [4.78, 5) is 4.57. The number of nitrogens with zero attached hydrogens (tertiary/aromatic N) is 2. The van der Waals surface area contributed by atoms with E-state index in [-0.39, 0.29) is 0 Å². The lowest BCUT2D eigenvalue weighted by atomic mass is 10.2. The summed E-state index contributed by atoms with van der Waals surface area (Å²) < 4.78 is 0. The normalized spacial score (nSPS) is 26.7. The highest BCUT2D eigenvalue weighted by Crippen LogP contribution is 2.11. The first kappa shape index (κ1) is 8.97. The first-order valence-corrected chi connectivity index (χ1v) is 4.23. The molecular formula is C8H18N2O. The Kier molecular flexibility index (Phi) is 3.30. The zero-order valence-corrected chi connectivity index (χ0v) is 7.45. The Morgan fingerprint density at radius 2 is 2.27 bits per heavy atom. The fraction of sp³-hybridized carbons (Fsp3) is 1.00. The van der Waals surface area contributed by atoms with E-state index in [9.17, 15) is 0 Å². The molecule has 1 fully saturated rings. The van der Waals surface area contributed by atoms with Crippen molar-refractivity contribution in [3.63, 3.8) is 0 Å². The van der Waals surface area contributed by atoms with Crippen molar-refractivity contribution in [2.45, 2.75) is 12.5 Å². The molecule has 1 saturated heterocycles. The molecule has 0 spiro atoms. The smallest absolute Gasteiger partial charge is 0.0558 e. The van der Waals surface area contributed by atoms with Crippen LogP contribution >= 0.6 is 0 Å². The zero-order chi connectivity index (χ0) is 8.27. The Hall–Kier alpha value is -0.120. The van der Waals surface area contributed by atoms with E-state index in [0.29, 0.717) is 12.6 Å². The van der Waals surface area contributed by atoms with E-state index in [1.807, 2.05) is 0 Å². The largest absolute Gasteiger partial charge is 0.395 e. The zero-order valence-electron chi connectivity index (χ0n) is 7.45. The highest BCUT2D eigenvalue weighted by Gasteiger charge is 2.22. The van der Waals surface area contributed by atoms with E-state index in [4.69, 9.17) is 5.11 Å². The van der Waals surface area contributed by atoms with Gasteiger partial charge in [0.25, 0.3) is 0 Å². The predicted molar refractivity (Wildman–Crippen MR) is 45.6 cm³/mol. The minimum atomic E-state index is 0.292. The molecule has 1 rings (SSSR count). The molecule has 1 N–H and O–H groups in total. The van der Waals surface area contributed by atoms with Gasteiger partial charge in [0.05, 0.1) is 6.61 Å². The molecule has 66 valence electrons. The van der Waals surface area contributed by atoms with E-state index in [2.05, 4.69) is 23.9 Å². The molecule has 0 aromatic heterocycles. The van der Waals surface area contributed by atoms with Crippen LogP contribution in [-0.2, 0) is 0 Å². The number of β-amino-alcohol motifs (C(OH)–C–C–N with tert-alkyl or cyclic N) is 1. The van der Waals surface area contributed by atoms with Crippen molar-refractivity contribution in [3.05, 3.63) is 0 Å². The lowest BCUT2D eigenvalue weighted by molar-refractivity contribution is 0.208. The molecule has 3 nitrogen and oxygen atoms in total. The van der Waals surface area contributed by atoms with Crippen LogP contribution in [0.4, 0.5) is 0 Å². The average molecular weight is 158 g/mol. The van der Waals surface area contributed by atoms with Crippen molar-refractivity contribution in [1.29, 1.82) is 0 Å². The van der Waals surface area contributed by atoms with Crippen LogP contribution in [0.1, 0.15) is 6.42 Å². The van der Waals surface area contributed by atoms with Crippen LogP contribution in [0.5, 0.6) is 0 Å². The first-order chi connectivity index (χ1) is 5.24. The summed E-state index contributed by atoms with van der Waals surface area (Å²) in [5, 5.41) is 8.70. The van der Waals surface area contributed by atoms with E-state index < -0.39 is 0 Å². The third kappa shape index (κ3) is 2.43. The molecular weight excluding hydrogens is 140 g/mol. The summed E-state index contributed by atoms with van der Waals surface area (Å²) in [6.45, 7) is 3.39. The lowest BCUT2D eigenvalue weighted by Gasteiger charge is -2.19. The van der Waals surface area contributed by atoms with Gasteiger partial charge in [0, 0.05) is 19.1 Å². The summed E-state index contributed by atoms with van der Waals surface area (Å²) in [6, 6.07) is 0.696. The standard InChI is InChI=1S/C8H18N2O/c1-9(2)8-3-4-10(7-8)5-6-11/h8,11H,3-7H2,1-2H3/t8-/m1/s1. The first-order valence-electron chi connectivity index (χ1n) is 4.23. The summed E-state index contributed by atoms with van der Waals surface area (Å²) in [6.07, 6.45) is 1.24. The van der Waals surface area contributed by atoms with Crippen molar-refractivity contribution in [2.75, 3.05) is 40.3 Å². The SMILES string of the molecule is CN(C)[C@@H]1CCN(CCO)C1. The van der Waals surface area contributed by atoms with E-state index >= 15 is 0 Å². The molecule has 0 bridgehead atoms. The molecule has 0 saturated carbocycles. The average Bonchev–Trinajstić information content (AvgIpc) is 2.37. The van der Waals surface area contributed by atoms with Crippen molar-refractivity contribution in [2.24, 2.45) is 0 Å². The van der Waals surface area contributed by atoms with Crippen molar-refractivity contribution < 1.29 is 5.11 Å². The number of likely N-dealkylation sites (tertiary alicyclic amines) is 1. The highest BCUT2D eigenvalue weighted by molar-refractivity contribution is 4.80. The van der Waals surface area contributed by atoms with Crippen LogP contribution in [0.25, 0.3) is 0 Å². The molecule has 0 aromatic carbocycles. The van der Waals surface area contributed by atoms with Crippen LogP contribution in [0.3, 0.4) is 0 Å². The van der Waals surface area contributed by atoms with Crippen molar-refractivity contribution in [1.82, 2.24) is 9.80 Å². The number of hydrogen-bond donors (Lipinski definition) is 1. The number of aliphatic hydroxyl groups excluding tert-OH is 1. The number of aliphatic hydroxyl groups is 1. The quantitative estimate of drug-likeness (QED) is 0.606. The lowest BCUT2D eigenvalue weighted by Crippen LogP contribution is -2.32. The summed E-state index contributed by atoms with van der Waals surface area (Å²) >= 11 is 0. The van der Waals surface area contributed by atoms with Gasteiger partial charge in [-0.25, -0.2) is 0 Å². The number of hydrogen-bond acceptors (Lipinski definition) is 3. The Morgan fingerprint density at radius 1 is 1.55 bits per heavy atom. The second kappa shape index (κ2) is 4.04. The maximum absolute atomic E-state index is 8.70. The Bertz CT molecular complexity index is 117. The molecule has 3 heteroatoms. The van der Waals surface area contributed by atoms with E-state index in [1.54, 1.807) is 0 Å². The fourth-order valence-corrected chi connectivity index (χ4v) is 1.58. The summed E-state index contributed by atoms with van der Waals surface area (Å²) in [7, 11) is 4.24. The van der Waals surface area contributed by atoms with Gasteiger partial charge in [0.1, 0.15) is 0 Å². The number of likely N-dealkylation sites (N-methyl/N-ethyl adjacent to an activating group) is 1. The molecule has 11 heavy (non-hydrogen) atoms. The van der Waals surface area contributed by atoms with Gasteiger partial charge in [0.2, 0.25) is 0 Å². The van der Waals surface area contributed by atoms with Crippen molar-refractivity contribution in [3.8, 4) is 0 Å². The molecule has 0 aliphatic carbocycles. The molecule has 1 aliphatic heterocycles. The fourth-order valence-electron chi connectivity index (χ4n) is 1.58. The third-order valence-electron chi connectivity index (χ3n) is 2.39. The van der Waals surface area contributed by atoms with Crippen LogP contribution in [-0.4, -0.2) is 61.3 Å². The molecule has 0 unspecified atom stereocenters. The minimum absolute atomic E-state index is 0.292.